The van der Waals surface area contributed by atoms with Crippen molar-refractivity contribution >= 4 is 51.2 Å². The number of anilines is 1. The summed E-state index contributed by atoms with van der Waals surface area (Å²) in [5.41, 5.74) is 3.46. The van der Waals surface area contributed by atoms with Crippen molar-refractivity contribution in [2.45, 2.75) is 84.0 Å². The van der Waals surface area contributed by atoms with E-state index in [9.17, 15) is 19.2 Å². The minimum atomic E-state index is -0.834. The van der Waals surface area contributed by atoms with Gasteiger partial charge < -0.3 is 14.8 Å². The quantitative estimate of drug-likeness (QED) is 0.187. The number of aromatic nitrogens is 1. The van der Waals surface area contributed by atoms with Crippen molar-refractivity contribution in [2.75, 3.05) is 23.5 Å². The Kier molecular flexibility index (Phi) is 8.60. The highest BCUT2D eigenvalue weighted by Crippen LogP contribution is 2.72. The molecule has 1 aromatic rings. The van der Waals surface area contributed by atoms with Gasteiger partial charge in [-0.25, -0.2) is 14.6 Å². The predicted molar refractivity (Wildman–Crippen MR) is 200 cm³/mol. The second kappa shape index (κ2) is 13.1. The number of fused-ring (bicyclic) bond motifs is 3. The summed E-state index contributed by atoms with van der Waals surface area (Å²) in [6.45, 7) is 4.56. The van der Waals surface area contributed by atoms with Gasteiger partial charge in [-0.3, -0.25) is 14.5 Å². The lowest BCUT2D eigenvalue weighted by Crippen LogP contribution is -2.53. The minimum absolute atomic E-state index is 0.0411. The normalized spacial score (nSPS) is 35.4. The number of allylic oxidation sites excluding steroid dienone is 4. The van der Waals surface area contributed by atoms with Gasteiger partial charge in [0.2, 0.25) is 0 Å². The molecule has 10 rings (SSSR count). The molecule has 5 aliphatic carbocycles. The molecule has 1 saturated heterocycles. The molecule has 272 valence electrons. The van der Waals surface area contributed by atoms with Gasteiger partial charge in [-0.15, -0.1) is 0 Å². The van der Waals surface area contributed by atoms with Crippen LogP contribution in [0.4, 0.5) is 5.82 Å². The highest BCUT2D eigenvalue weighted by molar-refractivity contribution is 8.76. The molecule has 0 unspecified atom stereocenters. The van der Waals surface area contributed by atoms with Crippen LogP contribution in [0.25, 0.3) is 0 Å². The SMILES string of the molecule is CCC1(/C=C2\OC(=O)C3=C2CC[C@H]2[C@@H]4CC[C@@]5(C6=C4[C@@H](CN4C(=O)C=CC4=O)c4ccnc(c4)NCSSC[C@H](C)C/C=C/5OC6=O)[C@@H]32)CCCC1. The number of carbonyl (C=O) groups excluding carboxylic acids is 4. The molecule has 52 heavy (non-hydrogen) atoms. The van der Waals surface area contributed by atoms with Gasteiger partial charge in [-0.05, 0) is 110 Å². The number of hydrogen-bond acceptors (Lipinski definition) is 10. The largest absolute Gasteiger partial charge is 0.427 e. The third kappa shape index (κ3) is 5.30. The molecule has 9 aliphatic rings. The number of hydrogen-bond donors (Lipinski definition) is 1. The van der Waals surface area contributed by atoms with E-state index >= 15 is 0 Å². The zero-order chi connectivity index (χ0) is 35.8. The molecular formula is C41H45N3O6S2. The highest BCUT2D eigenvalue weighted by atomic mass is 33.1. The van der Waals surface area contributed by atoms with E-state index in [1.807, 2.05) is 12.1 Å². The number of nitrogens with zero attached hydrogens (tertiary/aromatic N) is 2. The first-order chi connectivity index (χ1) is 25.2. The molecule has 7 bridgehead atoms. The number of pyridine rings is 1. The van der Waals surface area contributed by atoms with Crippen molar-refractivity contribution in [1.29, 1.82) is 0 Å². The Bertz CT molecular complexity index is 1900. The van der Waals surface area contributed by atoms with E-state index < -0.39 is 11.3 Å². The number of rotatable bonds is 4. The Balaban J connectivity index is 1.26. The number of ether oxygens (including phenoxy) is 2. The van der Waals surface area contributed by atoms with Crippen molar-refractivity contribution < 1.29 is 28.7 Å². The summed E-state index contributed by atoms with van der Waals surface area (Å²) in [7, 11) is 3.53. The first-order valence-electron chi connectivity index (χ1n) is 19.1. The standard InChI is InChI=1S/C41H45N3O6S2/c1-3-40(14-4-5-15-40)19-29-27-8-7-26-25-12-16-41(36(26)35(27)38(47)49-29)30-9-6-23(2)21-51-52-22-43-31-18-24(13-17-42-31)28(34(25)37(41)39(48)50-30)20-44-32(45)10-11-33(44)46/h9-11,13,17-19,23,25-26,28,36H,3-8,12,14-16,20-22H2,1-2H3,(H,42,43)/b29-19-,30-9-/t23-,25+,26+,28+,36-,41+/m1/s1. The first kappa shape index (κ1) is 34.2. The Labute approximate surface area is 312 Å². The lowest BCUT2D eigenvalue weighted by atomic mass is 9.43. The summed E-state index contributed by atoms with van der Waals surface area (Å²) in [6.07, 6.45) is 18.3. The fraction of sp³-hybridized carbons (Fsp3) is 0.537. The van der Waals surface area contributed by atoms with Crippen LogP contribution in [-0.2, 0) is 28.7 Å². The maximum Gasteiger partial charge on any atom is 0.340 e. The fourth-order valence-corrected chi connectivity index (χ4v) is 13.1. The van der Waals surface area contributed by atoms with Crippen molar-refractivity contribution in [3.8, 4) is 0 Å². The molecular weight excluding hydrogens is 695 g/mol. The molecule has 2 saturated carbocycles. The third-order valence-corrected chi connectivity index (χ3v) is 15.8. The number of imide groups is 1. The van der Waals surface area contributed by atoms with Gasteiger partial charge >= 0.3 is 11.9 Å². The molecule has 0 aromatic carbocycles. The molecule has 1 N–H and O–H groups in total. The average molecular weight is 740 g/mol. The van der Waals surface area contributed by atoms with Crippen LogP contribution >= 0.6 is 21.6 Å². The van der Waals surface area contributed by atoms with Crippen LogP contribution in [0.3, 0.4) is 0 Å². The van der Waals surface area contributed by atoms with E-state index in [0.29, 0.717) is 35.4 Å². The summed E-state index contributed by atoms with van der Waals surface area (Å²) in [6, 6.07) is 3.94. The predicted octanol–water partition coefficient (Wildman–Crippen LogP) is 7.76. The average Bonchev–Trinajstić information content (AvgIpc) is 3.91. The second-order valence-corrected chi connectivity index (χ2v) is 18.5. The van der Waals surface area contributed by atoms with E-state index in [1.165, 1.54) is 29.9 Å². The number of cyclic esters (lactones) is 1. The molecule has 5 heterocycles. The van der Waals surface area contributed by atoms with E-state index in [2.05, 4.69) is 36.3 Å². The van der Waals surface area contributed by atoms with Crippen molar-refractivity contribution in [1.82, 2.24) is 9.88 Å². The lowest BCUT2D eigenvalue weighted by molar-refractivity contribution is -0.137. The lowest BCUT2D eigenvalue weighted by Gasteiger charge is -2.57. The molecule has 4 aliphatic heterocycles. The number of carbonyl (C=O) groups is 4. The Morgan fingerprint density at radius 2 is 1.85 bits per heavy atom. The van der Waals surface area contributed by atoms with Gasteiger partial charge in [0.15, 0.2) is 0 Å². The molecule has 1 aromatic heterocycles. The smallest absolute Gasteiger partial charge is 0.340 e. The Hall–Kier alpha value is -3.57. The minimum Gasteiger partial charge on any atom is -0.427 e. The summed E-state index contributed by atoms with van der Waals surface area (Å²) in [5.74, 6) is 2.01. The maximum absolute atomic E-state index is 14.6. The van der Waals surface area contributed by atoms with Crippen molar-refractivity contribution in [3.63, 3.8) is 0 Å². The molecule has 9 nitrogen and oxygen atoms in total. The molecule has 11 heteroatoms. The van der Waals surface area contributed by atoms with Gasteiger partial charge in [0.05, 0.1) is 16.9 Å². The van der Waals surface area contributed by atoms with Gasteiger partial charge in [-0.1, -0.05) is 48.3 Å². The number of amides is 2. The number of esters is 2. The summed E-state index contributed by atoms with van der Waals surface area (Å²) in [5, 5.41) is 3.44. The van der Waals surface area contributed by atoms with Gasteiger partial charge in [-0.2, -0.15) is 0 Å². The summed E-state index contributed by atoms with van der Waals surface area (Å²) >= 11 is 0. The maximum atomic E-state index is 14.6. The van der Waals surface area contributed by atoms with Gasteiger partial charge in [0, 0.05) is 53.6 Å². The van der Waals surface area contributed by atoms with Crippen LogP contribution in [0, 0.1) is 34.5 Å². The summed E-state index contributed by atoms with van der Waals surface area (Å²) < 4.78 is 12.7. The summed E-state index contributed by atoms with van der Waals surface area (Å²) in [4.78, 5) is 60.9. The topological polar surface area (TPSA) is 115 Å². The zero-order valence-corrected chi connectivity index (χ0v) is 31.4. The zero-order valence-electron chi connectivity index (χ0n) is 29.8. The third-order valence-electron chi connectivity index (χ3n) is 13.4. The van der Waals surface area contributed by atoms with E-state index in [1.54, 1.807) is 27.8 Å². The van der Waals surface area contributed by atoms with Crippen LogP contribution < -0.4 is 5.32 Å². The van der Waals surface area contributed by atoms with E-state index in [-0.39, 0.29) is 53.5 Å². The molecule has 6 atom stereocenters. The first-order valence-corrected chi connectivity index (χ1v) is 21.6. The monoisotopic (exact) mass is 739 g/mol. The molecule has 1 spiro atoms. The highest BCUT2D eigenvalue weighted by Gasteiger charge is 2.69. The van der Waals surface area contributed by atoms with E-state index in [4.69, 9.17) is 9.47 Å². The van der Waals surface area contributed by atoms with Gasteiger partial charge in [0.1, 0.15) is 17.3 Å². The van der Waals surface area contributed by atoms with Crippen LogP contribution in [0.15, 0.2) is 76.4 Å². The van der Waals surface area contributed by atoms with Crippen LogP contribution in [-0.4, -0.2) is 51.8 Å². The number of nitrogens with one attached hydrogen (secondary N) is 1. The second-order valence-electron chi connectivity index (χ2n) is 16.0. The molecule has 2 amide bonds. The van der Waals surface area contributed by atoms with Crippen LogP contribution in [0.2, 0.25) is 0 Å². The molecule has 0 radical (unpaired) electrons. The van der Waals surface area contributed by atoms with E-state index in [0.717, 1.165) is 78.7 Å². The molecule has 3 fully saturated rings. The van der Waals surface area contributed by atoms with Crippen LogP contribution in [0.1, 0.15) is 89.5 Å². The van der Waals surface area contributed by atoms with Gasteiger partial charge in [0.25, 0.3) is 11.8 Å². The fourth-order valence-electron chi connectivity index (χ4n) is 10.9. The van der Waals surface area contributed by atoms with Crippen molar-refractivity contribution in [2.24, 2.45) is 34.5 Å². The van der Waals surface area contributed by atoms with Crippen molar-refractivity contribution in [3.05, 3.63) is 82.0 Å². The Morgan fingerprint density at radius 1 is 1.04 bits per heavy atom. The van der Waals surface area contributed by atoms with Crippen LogP contribution in [0.5, 0.6) is 0 Å². The Morgan fingerprint density at radius 3 is 2.63 bits per heavy atom.